The molecular formula is C26H28N2O3. The van der Waals surface area contributed by atoms with Gasteiger partial charge in [0.1, 0.15) is 5.75 Å². The van der Waals surface area contributed by atoms with Crippen LogP contribution in [0.1, 0.15) is 49.0 Å². The van der Waals surface area contributed by atoms with Crippen molar-refractivity contribution in [3.8, 4) is 5.75 Å². The zero-order valence-corrected chi connectivity index (χ0v) is 18.1. The molecule has 2 unspecified atom stereocenters. The lowest BCUT2D eigenvalue weighted by Gasteiger charge is -2.19. The van der Waals surface area contributed by atoms with Gasteiger partial charge in [-0.3, -0.25) is 9.59 Å². The number of rotatable bonds is 8. The number of carbonyl (C=O) groups excluding carboxylic acids is 2. The summed E-state index contributed by atoms with van der Waals surface area (Å²) in [5.41, 5.74) is 2.85. The highest BCUT2D eigenvalue weighted by atomic mass is 16.5. The van der Waals surface area contributed by atoms with Crippen molar-refractivity contribution in [1.29, 1.82) is 0 Å². The molecule has 5 nitrogen and oxygen atoms in total. The minimum atomic E-state index is -0.673. The third-order valence-electron chi connectivity index (χ3n) is 5.16. The first-order valence-electron chi connectivity index (χ1n) is 10.5. The van der Waals surface area contributed by atoms with Crippen LogP contribution in [0.15, 0.2) is 78.9 Å². The van der Waals surface area contributed by atoms with Crippen LogP contribution in [-0.2, 0) is 4.79 Å². The van der Waals surface area contributed by atoms with Gasteiger partial charge in [-0.2, -0.15) is 0 Å². The lowest BCUT2D eigenvalue weighted by molar-refractivity contribution is -0.122. The average Bonchev–Trinajstić information content (AvgIpc) is 2.79. The molecule has 2 N–H and O–H groups in total. The van der Waals surface area contributed by atoms with Gasteiger partial charge in [-0.05, 0) is 61.2 Å². The number of amides is 2. The Hall–Kier alpha value is -3.60. The van der Waals surface area contributed by atoms with Gasteiger partial charge in [0.2, 0.25) is 0 Å². The van der Waals surface area contributed by atoms with Gasteiger partial charge in [-0.15, -0.1) is 0 Å². The van der Waals surface area contributed by atoms with Gasteiger partial charge in [-0.25, -0.2) is 0 Å². The highest BCUT2D eigenvalue weighted by Gasteiger charge is 2.18. The maximum atomic E-state index is 12.7. The molecule has 2 amide bonds. The molecule has 3 aromatic carbocycles. The molecule has 31 heavy (non-hydrogen) atoms. The van der Waals surface area contributed by atoms with Crippen LogP contribution >= 0.6 is 0 Å². The van der Waals surface area contributed by atoms with E-state index in [0.717, 1.165) is 17.7 Å². The van der Waals surface area contributed by atoms with Crippen molar-refractivity contribution in [3.63, 3.8) is 0 Å². The van der Waals surface area contributed by atoms with Crippen LogP contribution in [0.4, 0.5) is 11.4 Å². The van der Waals surface area contributed by atoms with Crippen molar-refractivity contribution >= 4 is 23.2 Å². The van der Waals surface area contributed by atoms with Crippen LogP contribution in [0, 0.1) is 0 Å². The van der Waals surface area contributed by atoms with Gasteiger partial charge in [0.15, 0.2) is 6.10 Å². The summed E-state index contributed by atoms with van der Waals surface area (Å²) >= 11 is 0. The van der Waals surface area contributed by atoms with Crippen molar-refractivity contribution in [1.82, 2.24) is 0 Å². The molecule has 0 fully saturated rings. The number of hydrogen-bond donors (Lipinski definition) is 2. The van der Waals surface area contributed by atoms with Crippen LogP contribution < -0.4 is 15.4 Å². The van der Waals surface area contributed by atoms with E-state index in [9.17, 15) is 9.59 Å². The molecule has 3 rings (SSSR count). The standard InChI is InChI=1S/C26H28N2O3/c1-4-18(2)23-15-8-9-16-24(23)31-19(3)25(29)27-21-13-10-14-22(17-21)28-26(30)20-11-6-5-7-12-20/h5-19H,4H2,1-3H3,(H,27,29)(H,28,30). The van der Waals surface area contributed by atoms with E-state index >= 15 is 0 Å². The molecule has 160 valence electrons. The molecule has 2 atom stereocenters. The smallest absolute Gasteiger partial charge is 0.265 e. The Bertz CT molecular complexity index is 1030. The first-order valence-corrected chi connectivity index (χ1v) is 10.5. The van der Waals surface area contributed by atoms with Crippen molar-refractivity contribution in [2.75, 3.05) is 10.6 Å². The third kappa shape index (κ3) is 5.95. The van der Waals surface area contributed by atoms with Gasteiger partial charge in [-0.1, -0.05) is 56.3 Å². The van der Waals surface area contributed by atoms with Crippen molar-refractivity contribution < 1.29 is 14.3 Å². The number of carbonyl (C=O) groups is 2. The molecule has 0 aliphatic heterocycles. The first kappa shape index (κ1) is 22.1. The van der Waals surface area contributed by atoms with Crippen LogP contribution in [-0.4, -0.2) is 17.9 Å². The van der Waals surface area contributed by atoms with Crippen LogP contribution in [0.3, 0.4) is 0 Å². The summed E-state index contributed by atoms with van der Waals surface area (Å²) in [5.74, 6) is 0.604. The van der Waals surface area contributed by atoms with Gasteiger partial charge in [0.25, 0.3) is 11.8 Å². The Morgan fingerprint density at radius 3 is 2.19 bits per heavy atom. The molecular weight excluding hydrogens is 388 g/mol. The summed E-state index contributed by atoms with van der Waals surface area (Å²) < 4.78 is 5.97. The quantitative estimate of drug-likeness (QED) is 0.483. The van der Waals surface area contributed by atoms with Crippen LogP contribution in [0.5, 0.6) is 5.75 Å². The second-order valence-electron chi connectivity index (χ2n) is 7.50. The molecule has 0 aliphatic rings. The lowest BCUT2D eigenvalue weighted by Crippen LogP contribution is -2.30. The molecule has 0 aliphatic carbocycles. The summed E-state index contributed by atoms with van der Waals surface area (Å²) in [6.45, 7) is 5.99. The van der Waals surface area contributed by atoms with Crippen LogP contribution in [0.2, 0.25) is 0 Å². The molecule has 3 aromatic rings. The normalized spacial score (nSPS) is 12.5. The molecule has 0 aromatic heterocycles. The van der Waals surface area contributed by atoms with Gasteiger partial charge < -0.3 is 15.4 Å². The third-order valence-corrected chi connectivity index (χ3v) is 5.16. The predicted molar refractivity (Wildman–Crippen MR) is 125 cm³/mol. The minimum Gasteiger partial charge on any atom is -0.481 e. The fourth-order valence-corrected chi connectivity index (χ4v) is 3.17. The van der Waals surface area contributed by atoms with E-state index in [1.165, 1.54) is 0 Å². The number of hydrogen-bond acceptors (Lipinski definition) is 3. The first-order chi connectivity index (χ1) is 15.0. The topological polar surface area (TPSA) is 67.4 Å². The maximum absolute atomic E-state index is 12.7. The molecule has 5 heteroatoms. The van der Waals surface area contributed by atoms with Crippen molar-refractivity contribution in [2.24, 2.45) is 0 Å². The molecule has 0 radical (unpaired) electrons. The molecule has 0 saturated heterocycles. The zero-order valence-electron chi connectivity index (χ0n) is 18.1. The van der Waals surface area contributed by atoms with E-state index in [0.29, 0.717) is 22.9 Å². The van der Waals surface area contributed by atoms with E-state index in [4.69, 9.17) is 4.74 Å². The van der Waals surface area contributed by atoms with Gasteiger partial charge >= 0.3 is 0 Å². The fourth-order valence-electron chi connectivity index (χ4n) is 3.17. The number of ether oxygens (including phenoxy) is 1. The Kier molecular flexibility index (Phi) is 7.44. The second-order valence-corrected chi connectivity index (χ2v) is 7.50. The maximum Gasteiger partial charge on any atom is 0.265 e. The van der Waals surface area contributed by atoms with E-state index in [-0.39, 0.29) is 11.8 Å². The summed E-state index contributed by atoms with van der Waals surface area (Å²) in [7, 11) is 0. The van der Waals surface area contributed by atoms with Crippen molar-refractivity contribution in [2.45, 2.75) is 39.2 Å². The highest BCUT2D eigenvalue weighted by molar-refractivity contribution is 6.04. The average molecular weight is 417 g/mol. The highest BCUT2D eigenvalue weighted by Crippen LogP contribution is 2.29. The van der Waals surface area contributed by atoms with E-state index in [1.54, 1.807) is 43.3 Å². The van der Waals surface area contributed by atoms with E-state index in [1.807, 2.05) is 42.5 Å². The Morgan fingerprint density at radius 1 is 0.839 bits per heavy atom. The molecule has 0 bridgehead atoms. The van der Waals surface area contributed by atoms with E-state index in [2.05, 4.69) is 24.5 Å². The Balaban J connectivity index is 1.64. The fraction of sp³-hybridized carbons (Fsp3) is 0.231. The largest absolute Gasteiger partial charge is 0.481 e. The minimum absolute atomic E-state index is 0.206. The number of para-hydroxylation sites is 1. The molecule has 0 heterocycles. The monoisotopic (exact) mass is 416 g/mol. The van der Waals surface area contributed by atoms with Crippen LogP contribution in [0.25, 0.3) is 0 Å². The SMILES string of the molecule is CCC(C)c1ccccc1OC(C)C(=O)Nc1cccc(NC(=O)c2ccccc2)c1. The summed E-state index contributed by atoms with van der Waals surface area (Å²) in [6, 6.07) is 23.8. The summed E-state index contributed by atoms with van der Waals surface area (Å²) in [5, 5.41) is 5.71. The summed E-state index contributed by atoms with van der Waals surface area (Å²) in [4.78, 5) is 25.1. The Labute approximate surface area is 183 Å². The number of anilines is 2. The number of nitrogens with one attached hydrogen (secondary N) is 2. The van der Waals surface area contributed by atoms with Gasteiger partial charge in [0, 0.05) is 16.9 Å². The Morgan fingerprint density at radius 2 is 1.48 bits per heavy atom. The molecule has 0 saturated carbocycles. The van der Waals surface area contributed by atoms with Gasteiger partial charge in [0.05, 0.1) is 0 Å². The zero-order chi connectivity index (χ0) is 22.2. The number of benzene rings is 3. The predicted octanol–water partition coefficient (Wildman–Crippen LogP) is 5.86. The second kappa shape index (κ2) is 10.4. The van der Waals surface area contributed by atoms with E-state index < -0.39 is 6.10 Å². The lowest BCUT2D eigenvalue weighted by atomic mass is 9.98. The molecule has 0 spiro atoms. The summed E-state index contributed by atoms with van der Waals surface area (Å²) in [6.07, 6.45) is 0.315. The van der Waals surface area contributed by atoms with Crippen molar-refractivity contribution in [3.05, 3.63) is 90.0 Å².